The fourth-order valence-corrected chi connectivity index (χ4v) is 1.95. The molecular formula is C13H17BrO. The first-order valence-electron chi connectivity index (χ1n) is 5.22. The number of hydrogen-bond acceptors (Lipinski definition) is 1. The summed E-state index contributed by atoms with van der Waals surface area (Å²) in [6.45, 7) is 6.40. The van der Waals surface area contributed by atoms with E-state index < -0.39 is 0 Å². The lowest BCUT2D eigenvalue weighted by atomic mass is 9.91. The number of rotatable bonds is 4. The van der Waals surface area contributed by atoms with Crippen molar-refractivity contribution in [2.24, 2.45) is 0 Å². The lowest BCUT2D eigenvalue weighted by molar-refractivity contribution is -0.115. The van der Waals surface area contributed by atoms with Gasteiger partial charge in [-0.2, -0.15) is 0 Å². The standard InChI is InChI=1S/C13H17BrO/c1-9(2)12-6-4-5-10(3)13(12)7-11(15)8-14/h4-6,9H,7-8H2,1-3H3. The highest BCUT2D eigenvalue weighted by molar-refractivity contribution is 9.09. The minimum Gasteiger partial charge on any atom is -0.298 e. The first-order valence-corrected chi connectivity index (χ1v) is 6.34. The summed E-state index contributed by atoms with van der Waals surface area (Å²) in [5, 5.41) is 0.443. The summed E-state index contributed by atoms with van der Waals surface area (Å²) in [5.74, 6) is 0.717. The van der Waals surface area contributed by atoms with Crippen LogP contribution in [-0.4, -0.2) is 11.1 Å². The van der Waals surface area contributed by atoms with Crippen molar-refractivity contribution in [2.75, 3.05) is 5.33 Å². The molecule has 15 heavy (non-hydrogen) atoms. The van der Waals surface area contributed by atoms with Crippen LogP contribution in [-0.2, 0) is 11.2 Å². The Hall–Kier alpha value is -0.630. The van der Waals surface area contributed by atoms with Crippen molar-refractivity contribution in [3.05, 3.63) is 34.9 Å². The number of ketones is 1. The highest BCUT2D eigenvalue weighted by Gasteiger charge is 2.11. The number of halogens is 1. The Balaban J connectivity index is 3.07. The predicted octanol–water partition coefficient (Wildman–Crippen LogP) is 3.62. The fourth-order valence-electron chi connectivity index (χ4n) is 1.75. The van der Waals surface area contributed by atoms with Crippen LogP contribution in [0.5, 0.6) is 0 Å². The SMILES string of the molecule is Cc1cccc(C(C)C)c1CC(=O)CBr. The Kier molecular flexibility index (Phi) is 4.52. The molecule has 0 atom stereocenters. The summed E-state index contributed by atoms with van der Waals surface area (Å²) in [4.78, 5) is 11.5. The maximum Gasteiger partial charge on any atom is 0.147 e. The van der Waals surface area contributed by atoms with Crippen LogP contribution in [0.25, 0.3) is 0 Å². The number of carbonyl (C=O) groups excluding carboxylic acids is 1. The maximum atomic E-state index is 11.5. The van der Waals surface area contributed by atoms with Crippen molar-refractivity contribution in [2.45, 2.75) is 33.1 Å². The van der Waals surface area contributed by atoms with Crippen molar-refractivity contribution >= 4 is 21.7 Å². The van der Waals surface area contributed by atoms with Crippen molar-refractivity contribution in [1.29, 1.82) is 0 Å². The summed E-state index contributed by atoms with van der Waals surface area (Å²) in [5.41, 5.74) is 3.72. The van der Waals surface area contributed by atoms with Crippen LogP contribution in [0.4, 0.5) is 0 Å². The van der Waals surface area contributed by atoms with Crippen molar-refractivity contribution in [3.63, 3.8) is 0 Å². The van der Waals surface area contributed by atoms with Gasteiger partial charge in [-0.3, -0.25) is 4.79 Å². The Morgan fingerprint density at radius 1 is 1.40 bits per heavy atom. The minimum absolute atomic E-state index is 0.242. The smallest absolute Gasteiger partial charge is 0.147 e. The summed E-state index contributed by atoms with van der Waals surface area (Å²) in [6.07, 6.45) is 0.547. The van der Waals surface area contributed by atoms with Gasteiger partial charge in [-0.05, 0) is 29.5 Å². The van der Waals surface area contributed by atoms with Crippen LogP contribution in [0, 0.1) is 6.92 Å². The van der Waals surface area contributed by atoms with Crippen LogP contribution in [0.1, 0.15) is 36.5 Å². The Bertz CT molecular complexity index is 356. The Morgan fingerprint density at radius 3 is 2.60 bits per heavy atom. The van der Waals surface area contributed by atoms with E-state index in [1.165, 1.54) is 16.7 Å². The van der Waals surface area contributed by atoms with E-state index in [1.54, 1.807) is 0 Å². The Labute approximate surface area is 100 Å². The van der Waals surface area contributed by atoms with Crippen LogP contribution < -0.4 is 0 Å². The molecule has 0 N–H and O–H groups in total. The molecule has 0 bridgehead atoms. The van der Waals surface area contributed by atoms with Crippen LogP contribution in [0.2, 0.25) is 0 Å². The normalized spacial score (nSPS) is 10.7. The first-order chi connectivity index (χ1) is 7.06. The van der Waals surface area contributed by atoms with Crippen molar-refractivity contribution < 1.29 is 4.79 Å². The lowest BCUT2D eigenvalue weighted by Crippen LogP contribution is -2.08. The molecule has 0 saturated carbocycles. The molecule has 1 rings (SSSR count). The van der Waals surface area contributed by atoms with Gasteiger partial charge in [0, 0.05) is 6.42 Å². The van der Waals surface area contributed by atoms with Crippen LogP contribution >= 0.6 is 15.9 Å². The quantitative estimate of drug-likeness (QED) is 0.763. The molecule has 0 saturated heterocycles. The molecule has 0 spiro atoms. The second-order valence-electron chi connectivity index (χ2n) is 4.15. The topological polar surface area (TPSA) is 17.1 Å². The highest BCUT2D eigenvalue weighted by atomic mass is 79.9. The third-order valence-electron chi connectivity index (χ3n) is 2.59. The molecule has 0 aliphatic heterocycles. The first kappa shape index (κ1) is 12.4. The zero-order valence-corrected chi connectivity index (χ0v) is 11.1. The van der Waals surface area contributed by atoms with E-state index in [9.17, 15) is 4.79 Å². The molecule has 0 aliphatic rings. The van der Waals surface area contributed by atoms with E-state index in [4.69, 9.17) is 0 Å². The van der Waals surface area contributed by atoms with Gasteiger partial charge in [0.15, 0.2) is 0 Å². The predicted molar refractivity (Wildman–Crippen MR) is 67.8 cm³/mol. The van der Waals surface area contributed by atoms with Gasteiger partial charge in [0.2, 0.25) is 0 Å². The molecule has 82 valence electrons. The van der Waals surface area contributed by atoms with Crippen LogP contribution in [0.15, 0.2) is 18.2 Å². The Morgan fingerprint density at radius 2 is 2.07 bits per heavy atom. The molecule has 1 aromatic rings. The minimum atomic E-state index is 0.242. The summed E-state index contributed by atoms with van der Waals surface area (Å²) < 4.78 is 0. The molecule has 0 aromatic heterocycles. The molecule has 0 radical (unpaired) electrons. The molecule has 2 heteroatoms. The van der Waals surface area contributed by atoms with Gasteiger partial charge in [-0.1, -0.05) is 48.0 Å². The second-order valence-corrected chi connectivity index (χ2v) is 4.71. The monoisotopic (exact) mass is 268 g/mol. The van der Waals surface area contributed by atoms with Gasteiger partial charge < -0.3 is 0 Å². The lowest BCUT2D eigenvalue weighted by Gasteiger charge is -2.14. The van der Waals surface area contributed by atoms with Crippen LogP contribution in [0.3, 0.4) is 0 Å². The summed E-state index contributed by atoms with van der Waals surface area (Å²) in [7, 11) is 0. The maximum absolute atomic E-state index is 11.5. The van der Waals surface area contributed by atoms with Crippen molar-refractivity contribution in [3.8, 4) is 0 Å². The molecule has 0 fully saturated rings. The molecule has 1 nitrogen and oxygen atoms in total. The van der Waals surface area contributed by atoms with E-state index in [0.717, 1.165) is 0 Å². The van der Waals surface area contributed by atoms with Gasteiger partial charge in [0.1, 0.15) is 5.78 Å². The van der Waals surface area contributed by atoms with E-state index >= 15 is 0 Å². The van der Waals surface area contributed by atoms with Gasteiger partial charge in [0.25, 0.3) is 0 Å². The third-order valence-corrected chi connectivity index (χ3v) is 3.22. The molecular weight excluding hydrogens is 252 g/mol. The molecule has 0 heterocycles. The number of alkyl halides is 1. The number of Topliss-reactive ketones (excluding diaryl/α,β-unsaturated/α-hetero) is 1. The fraction of sp³-hybridized carbons (Fsp3) is 0.462. The number of benzene rings is 1. The largest absolute Gasteiger partial charge is 0.298 e. The van der Waals surface area contributed by atoms with E-state index in [0.29, 0.717) is 17.7 Å². The van der Waals surface area contributed by atoms with E-state index in [2.05, 4.69) is 54.9 Å². The summed E-state index contributed by atoms with van der Waals surface area (Å²) >= 11 is 3.21. The average molecular weight is 269 g/mol. The third kappa shape index (κ3) is 3.16. The number of aryl methyl sites for hydroxylation is 1. The molecule has 0 aliphatic carbocycles. The zero-order chi connectivity index (χ0) is 11.4. The van der Waals surface area contributed by atoms with Gasteiger partial charge >= 0.3 is 0 Å². The summed E-state index contributed by atoms with van der Waals surface area (Å²) in [6, 6.07) is 6.25. The molecule has 0 unspecified atom stereocenters. The molecule has 1 aromatic carbocycles. The van der Waals surface area contributed by atoms with E-state index in [1.807, 2.05) is 0 Å². The highest BCUT2D eigenvalue weighted by Crippen LogP contribution is 2.23. The van der Waals surface area contributed by atoms with E-state index in [-0.39, 0.29) is 5.78 Å². The van der Waals surface area contributed by atoms with Gasteiger partial charge in [-0.15, -0.1) is 0 Å². The average Bonchev–Trinajstić information content (AvgIpc) is 2.20. The second kappa shape index (κ2) is 5.45. The molecule has 0 amide bonds. The van der Waals surface area contributed by atoms with Crippen molar-refractivity contribution in [1.82, 2.24) is 0 Å². The zero-order valence-electron chi connectivity index (χ0n) is 9.51. The van der Waals surface area contributed by atoms with Gasteiger partial charge in [-0.25, -0.2) is 0 Å². The van der Waals surface area contributed by atoms with Gasteiger partial charge in [0.05, 0.1) is 5.33 Å². The number of carbonyl (C=O) groups is 1. The number of hydrogen-bond donors (Lipinski definition) is 0.